The van der Waals surface area contributed by atoms with E-state index < -0.39 is 0 Å². The molecule has 0 bridgehead atoms. The lowest BCUT2D eigenvalue weighted by atomic mass is 9.99. The van der Waals surface area contributed by atoms with E-state index in [2.05, 4.69) is 47.8 Å². The number of nitrogens with zero attached hydrogens (tertiary/aromatic N) is 2. The van der Waals surface area contributed by atoms with E-state index in [4.69, 9.17) is 0 Å². The third kappa shape index (κ3) is 2.98. The maximum atomic E-state index is 4.57. The summed E-state index contributed by atoms with van der Waals surface area (Å²) in [4.78, 5) is 4.57. The van der Waals surface area contributed by atoms with Crippen LogP contribution in [0, 0.1) is 19.8 Å². The largest absolute Gasteiger partial charge is 0.331 e. The number of nitrogens with one attached hydrogen (secondary N) is 1. The van der Waals surface area contributed by atoms with Crippen molar-refractivity contribution < 1.29 is 0 Å². The second-order valence-corrected chi connectivity index (χ2v) is 6.51. The van der Waals surface area contributed by atoms with Crippen LogP contribution in [0.4, 0.5) is 0 Å². The van der Waals surface area contributed by atoms with Crippen molar-refractivity contribution in [1.82, 2.24) is 14.9 Å². The van der Waals surface area contributed by atoms with E-state index in [1.54, 1.807) is 0 Å². The molecule has 1 aromatic carbocycles. The molecule has 3 heteroatoms. The Hall–Kier alpha value is -1.35. The van der Waals surface area contributed by atoms with Gasteiger partial charge in [-0.2, -0.15) is 0 Å². The Labute approximate surface area is 127 Å². The molecule has 114 valence electrons. The Balaban J connectivity index is 1.72. The second-order valence-electron chi connectivity index (χ2n) is 6.51. The number of aryl methyl sites for hydroxylation is 3. The standard InChI is InChI=1S/C18H27N3/c1-4-19-16-7-5-6-15(16)8-9-21-12-20-17-10-13(2)14(3)11-18(17)21/h10-12,15-16,19H,4-9H2,1-3H3. The first-order valence-corrected chi connectivity index (χ1v) is 8.34. The molecule has 2 unspecified atom stereocenters. The van der Waals surface area contributed by atoms with Crippen LogP contribution < -0.4 is 5.32 Å². The van der Waals surface area contributed by atoms with E-state index in [1.165, 1.54) is 42.3 Å². The van der Waals surface area contributed by atoms with Crippen LogP contribution in [0.1, 0.15) is 43.7 Å². The molecule has 1 aromatic heterocycles. The first-order chi connectivity index (χ1) is 10.2. The van der Waals surface area contributed by atoms with Gasteiger partial charge in [0, 0.05) is 12.6 Å². The fourth-order valence-electron chi connectivity index (χ4n) is 3.71. The molecule has 2 atom stereocenters. The normalized spacial score (nSPS) is 22.2. The van der Waals surface area contributed by atoms with Gasteiger partial charge in [-0.15, -0.1) is 0 Å². The summed E-state index contributed by atoms with van der Waals surface area (Å²) in [5.41, 5.74) is 5.11. The molecule has 1 fully saturated rings. The van der Waals surface area contributed by atoms with Crippen LogP contribution in [-0.4, -0.2) is 22.1 Å². The van der Waals surface area contributed by atoms with Gasteiger partial charge in [-0.1, -0.05) is 13.3 Å². The van der Waals surface area contributed by atoms with Crippen LogP contribution in [0.3, 0.4) is 0 Å². The van der Waals surface area contributed by atoms with E-state index in [1.807, 2.05) is 6.33 Å². The van der Waals surface area contributed by atoms with Crippen molar-refractivity contribution in [1.29, 1.82) is 0 Å². The lowest BCUT2D eigenvalue weighted by molar-refractivity contribution is 0.368. The molecule has 3 nitrogen and oxygen atoms in total. The minimum absolute atomic E-state index is 0.730. The fraction of sp³-hybridized carbons (Fsp3) is 0.611. The number of imidazole rings is 1. The van der Waals surface area contributed by atoms with E-state index in [-0.39, 0.29) is 0 Å². The van der Waals surface area contributed by atoms with Gasteiger partial charge in [0.05, 0.1) is 17.4 Å². The first-order valence-electron chi connectivity index (χ1n) is 8.34. The van der Waals surface area contributed by atoms with Crippen molar-refractivity contribution in [3.8, 4) is 0 Å². The lowest BCUT2D eigenvalue weighted by Crippen LogP contribution is -2.32. The molecule has 1 N–H and O–H groups in total. The number of aromatic nitrogens is 2. The lowest BCUT2D eigenvalue weighted by Gasteiger charge is -2.20. The Kier molecular flexibility index (Phi) is 4.29. The van der Waals surface area contributed by atoms with Crippen molar-refractivity contribution >= 4 is 11.0 Å². The van der Waals surface area contributed by atoms with Crippen molar-refractivity contribution in [2.75, 3.05) is 6.54 Å². The summed E-state index contributed by atoms with van der Waals surface area (Å²) < 4.78 is 2.34. The summed E-state index contributed by atoms with van der Waals surface area (Å²) in [5, 5.41) is 3.65. The summed E-state index contributed by atoms with van der Waals surface area (Å²) in [6.45, 7) is 8.74. The zero-order valence-electron chi connectivity index (χ0n) is 13.5. The third-order valence-corrected chi connectivity index (χ3v) is 5.10. The summed E-state index contributed by atoms with van der Waals surface area (Å²) >= 11 is 0. The molecule has 2 aromatic rings. The van der Waals surface area contributed by atoms with Gasteiger partial charge in [-0.3, -0.25) is 0 Å². The molecule has 1 saturated carbocycles. The Bertz CT molecular complexity index is 614. The molecule has 1 aliphatic carbocycles. The van der Waals surface area contributed by atoms with Gasteiger partial charge in [0.1, 0.15) is 0 Å². The SMILES string of the molecule is CCNC1CCCC1CCn1cnc2cc(C)c(C)cc21. The number of fused-ring (bicyclic) bond motifs is 1. The predicted octanol–water partition coefficient (Wildman–Crippen LogP) is 3.82. The average Bonchev–Trinajstić information content (AvgIpc) is 3.05. The highest BCUT2D eigenvalue weighted by Crippen LogP contribution is 2.29. The van der Waals surface area contributed by atoms with Gasteiger partial charge < -0.3 is 9.88 Å². The van der Waals surface area contributed by atoms with Crippen LogP contribution in [0.25, 0.3) is 11.0 Å². The molecule has 1 aliphatic rings. The second kappa shape index (κ2) is 6.18. The highest BCUT2D eigenvalue weighted by molar-refractivity contribution is 5.77. The van der Waals surface area contributed by atoms with Crippen molar-refractivity contribution in [2.24, 2.45) is 5.92 Å². The zero-order valence-corrected chi connectivity index (χ0v) is 13.5. The number of benzene rings is 1. The highest BCUT2D eigenvalue weighted by atomic mass is 15.0. The molecule has 0 saturated heterocycles. The summed E-state index contributed by atoms with van der Waals surface area (Å²) in [7, 11) is 0. The third-order valence-electron chi connectivity index (χ3n) is 5.10. The Morgan fingerprint density at radius 2 is 2.05 bits per heavy atom. The minimum Gasteiger partial charge on any atom is -0.331 e. The molecule has 3 rings (SSSR count). The Morgan fingerprint density at radius 3 is 2.86 bits per heavy atom. The topological polar surface area (TPSA) is 29.9 Å². The van der Waals surface area contributed by atoms with Crippen molar-refractivity contribution in [3.05, 3.63) is 29.6 Å². The zero-order chi connectivity index (χ0) is 14.8. The van der Waals surface area contributed by atoms with Gasteiger partial charge in [0.15, 0.2) is 0 Å². The number of hydrogen-bond acceptors (Lipinski definition) is 2. The molecular formula is C18H27N3. The van der Waals surface area contributed by atoms with Crippen LogP contribution >= 0.6 is 0 Å². The van der Waals surface area contributed by atoms with Crippen molar-refractivity contribution in [3.63, 3.8) is 0 Å². The van der Waals surface area contributed by atoms with Gasteiger partial charge in [-0.05, 0) is 68.8 Å². The van der Waals surface area contributed by atoms with Crippen LogP contribution in [0.15, 0.2) is 18.5 Å². The fourth-order valence-corrected chi connectivity index (χ4v) is 3.71. The van der Waals surface area contributed by atoms with Gasteiger partial charge in [0.2, 0.25) is 0 Å². The summed E-state index contributed by atoms with van der Waals surface area (Å²) in [6.07, 6.45) is 7.38. The number of rotatable bonds is 5. The van der Waals surface area contributed by atoms with E-state index in [9.17, 15) is 0 Å². The molecular weight excluding hydrogens is 258 g/mol. The Morgan fingerprint density at radius 1 is 1.24 bits per heavy atom. The smallest absolute Gasteiger partial charge is 0.0958 e. The first kappa shape index (κ1) is 14.6. The predicted molar refractivity (Wildman–Crippen MR) is 88.6 cm³/mol. The average molecular weight is 285 g/mol. The van der Waals surface area contributed by atoms with E-state index >= 15 is 0 Å². The highest BCUT2D eigenvalue weighted by Gasteiger charge is 2.26. The summed E-state index contributed by atoms with van der Waals surface area (Å²) in [5.74, 6) is 0.828. The monoisotopic (exact) mass is 285 g/mol. The molecule has 0 radical (unpaired) electrons. The van der Waals surface area contributed by atoms with Gasteiger partial charge in [-0.25, -0.2) is 4.98 Å². The molecule has 0 spiro atoms. The van der Waals surface area contributed by atoms with Crippen LogP contribution in [0.5, 0.6) is 0 Å². The maximum Gasteiger partial charge on any atom is 0.0958 e. The van der Waals surface area contributed by atoms with Crippen LogP contribution in [0.2, 0.25) is 0 Å². The molecule has 0 amide bonds. The quantitative estimate of drug-likeness (QED) is 0.905. The van der Waals surface area contributed by atoms with E-state index in [0.29, 0.717) is 0 Å². The minimum atomic E-state index is 0.730. The number of hydrogen-bond donors (Lipinski definition) is 1. The van der Waals surface area contributed by atoms with E-state index in [0.717, 1.165) is 30.6 Å². The van der Waals surface area contributed by atoms with Gasteiger partial charge in [0.25, 0.3) is 0 Å². The molecule has 21 heavy (non-hydrogen) atoms. The summed E-state index contributed by atoms with van der Waals surface area (Å²) in [6, 6.07) is 5.22. The molecule has 0 aliphatic heterocycles. The van der Waals surface area contributed by atoms with Gasteiger partial charge >= 0.3 is 0 Å². The van der Waals surface area contributed by atoms with Crippen molar-refractivity contribution in [2.45, 2.75) is 59.0 Å². The molecule has 1 heterocycles. The maximum absolute atomic E-state index is 4.57. The van der Waals surface area contributed by atoms with Crippen LogP contribution in [-0.2, 0) is 6.54 Å².